The van der Waals surface area contributed by atoms with Crippen LogP contribution in [0.5, 0.6) is 0 Å². The Morgan fingerprint density at radius 3 is 2.68 bits per heavy atom. The lowest BCUT2D eigenvalue weighted by Gasteiger charge is -2.10. The minimum Gasteiger partial charge on any atom is -0.477 e. The number of nitrogens with two attached hydrogens (primary N) is 1. The zero-order valence-electron chi connectivity index (χ0n) is 11.2. The third-order valence-corrected chi connectivity index (χ3v) is 3.12. The molecule has 1 aromatic heterocycles. The maximum Gasteiger partial charge on any atom is 0.354 e. The van der Waals surface area contributed by atoms with Crippen molar-refractivity contribution in [1.29, 1.82) is 0 Å². The smallest absolute Gasteiger partial charge is 0.354 e. The summed E-state index contributed by atoms with van der Waals surface area (Å²) in [5.74, 6) is -0.584. The Morgan fingerprint density at radius 1 is 1.42 bits per heavy atom. The second-order valence-electron chi connectivity index (χ2n) is 4.88. The first kappa shape index (κ1) is 13.1. The summed E-state index contributed by atoms with van der Waals surface area (Å²) in [6.45, 7) is 6.10. The van der Waals surface area contributed by atoms with Gasteiger partial charge in [-0.2, -0.15) is 0 Å². The van der Waals surface area contributed by atoms with Gasteiger partial charge in [0.25, 0.3) is 0 Å². The number of imidazole rings is 1. The molecule has 19 heavy (non-hydrogen) atoms. The highest BCUT2D eigenvalue weighted by atomic mass is 16.4. The van der Waals surface area contributed by atoms with Crippen LogP contribution in [0.15, 0.2) is 18.2 Å². The Hall–Kier alpha value is -2.30. The standard InChI is InChI=1S/C14H17N3O2/c1-7(2)9-5-4-8(3)10(6-9)11-12(13(18)19)17-14(15)16-11/h4-7H,1-3H3,(H,18,19)(H3,15,16,17). The van der Waals surface area contributed by atoms with Gasteiger partial charge < -0.3 is 15.8 Å². The molecule has 1 aromatic carbocycles. The van der Waals surface area contributed by atoms with E-state index in [0.29, 0.717) is 11.6 Å². The number of hydrogen-bond donors (Lipinski definition) is 3. The number of benzene rings is 1. The van der Waals surface area contributed by atoms with E-state index in [4.69, 9.17) is 5.73 Å². The highest BCUT2D eigenvalue weighted by molar-refractivity contribution is 5.94. The zero-order chi connectivity index (χ0) is 14.2. The maximum atomic E-state index is 11.2. The lowest BCUT2D eigenvalue weighted by atomic mass is 9.96. The predicted molar refractivity (Wildman–Crippen MR) is 74.2 cm³/mol. The van der Waals surface area contributed by atoms with Gasteiger partial charge in [0, 0.05) is 5.56 Å². The van der Waals surface area contributed by atoms with Gasteiger partial charge >= 0.3 is 5.97 Å². The summed E-state index contributed by atoms with van der Waals surface area (Å²) < 4.78 is 0. The van der Waals surface area contributed by atoms with E-state index in [1.54, 1.807) is 0 Å². The number of nitrogens with zero attached hydrogens (tertiary/aromatic N) is 1. The molecule has 1 heterocycles. The summed E-state index contributed by atoms with van der Waals surface area (Å²) in [7, 11) is 0. The third kappa shape index (κ3) is 2.45. The van der Waals surface area contributed by atoms with Gasteiger partial charge in [-0.25, -0.2) is 9.78 Å². The fourth-order valence-corrected chi connectivity index (χ4v) is 2.00. The predicted octanol–water partition coefficient (Wildman–Crippen LogP) is 2.79. The van der Waals surface area contributed by atoms with Crippen LogP contribution >= 0.6 is 0 Å². The topological polar surface area (TPSA) is 92.0 Å². The van der Waals surface area contributed by atoms with Crippen molar-refractivity contribution in [2.45, 2.75) is 26.7 Å². The number of aryl methyl sites for hydroxylation is 1. The average molecular weight is 259 g/mol. The second-order valence-corrected chi connectivity index (χ2v) is 4.88. The van der Waals surface area contributed by atoms with E-state index in [-0.39, 0.29) is 11.6 Å². The van der Waals surface area contributed by atoms with Crippen molar-refractivity contribution in [2.75, 3.05) is 5.73 Å². The number of anilines is 1. The molecule has 0 spiro atoms. The Bertz CT molecular complexity index is 630. The molecule has 0 amide bonds. The molecular weight excluding hydrogens is 242 g/mol. The van der Waals surface area contributed by atoms with Crippen LogP contribution in [-0.4, -0.2) is 21.0 Å². The number of H-pyrrole nitrogens is 1. The van der Waals surface area contributed by atoms with E-state index >= 15 is 0 Å². The van der Waals surface area contributed by atoms with Crippen LogP contribution in [0.2, 0.25) is 0 Å². The molecule has 5 nitrogen and oxygen atoms in total. The summed E-state index contributed by atoms with van der Waals surface area (Å²) in [6.07, 6.45) is 0. The van der Waals surface area contributed by atoms with Gasteiger partial charge in [-0.15, -0.1) is 0 Å². The third-order valence-electron chi connectivity index (χ3n) is 3.12. The zero-order valence-corrected chi connectivity index (χ0v) is 11.2. The SMILES string of the molecule is Cc1ccc(C(C)C)cc1-c1nc(N)[nH]c1C(=O)O. The number of carboxylic acid groups (broad SMARTS) is 1. The van der Waals surface area contributed by atoms with Gasteiger partial charge in [0.1, 0.15) is 5.69 Å². The number of rotatable bonds is 3. The number of aromatic nitrogens is 2. The first-order chi connectivity index (χ1) is 8.90. The van der Waals surface area contributed by atoms with Crippen molar-refractivity contribution in [1.82, 2.24) is 9.97 Å². The molecule has 5 heteroatoms. The first-order valence-corrected chi connectivity index (χ1v) is 6.10. The van der Waals surface area contributed by atoms with Crippen molar-refractivity contribution >= 4 is 11.9 Å². The van der Waals surface area contributed by atoms with Gasteiger partial charge in [0.2, 0.25) is 0 Å². The fraction of sp³-hybridized carbons (Fsp3) is 0.286. The Kier molecular flexibility index (Phi) is 3.29. The number of nitrogens with one attached hydrogen (secondary N) is 1. The lowest BCUT2D eigenvalue weighted by molar-refractivity contribution is 0.0692. The molecule has 2 rings (SSSR count). The second kappa shape index (κ2) is 4.76. The monoisotopic (exact) mass is 259 g/mol. The molecule has 0 bridgehead atoms. The summed E-state index contributed by atoms with van der Waals surface area (Å²) >= 11 is 0. The molecule has 0 aliphatic carbocycles. The van der Waals surface area contributed by atoms with Gasteiger partial charge in [-0.1, -0.05) is 26.0 Å². The van der Waals surface area contributed by atoms with E-state index < -0.39 is 5.97 Å². The molecule has 2 aromatic rings. The summed E-state index contributed by atoms with van der Waals surface area (Å²) in [5, 5.41) is 9.18. The van der Waals surface area contributed by atoms with E-state index in [2.05, 4.69) is 23.8 Å². The molecule has 4 N–H and O–H groups in total. The molecule has 0 unspecified atom stereocenters. The maximum absolute atomic E-state index is 11.2. The molecule has 0 radical (unpaired) electrons. The van der Waals surface area contributed by atoms with E-state index in [9.17, 15) is 9.90 Å². The van der Waals surface area contributed by atoms with Gasteiger partial charge in [-0.05, 0) is 30.0 Å². The largest absolute Gasteiger partial charge is 0.477 e. The number of nitrogen functional groups attached to an aromatic ring is 1. The molecule has 0 aliphatic rings. The quantitative estimate of drug-likeness (QED) is 0.790. The molecule has 0 aliphatic heterocycles. The number of hydrogen-bond acceptors (Lipinski definition) is 3. The van der Waals surface area contributed by atoms with Crippen LogP contribution in [0, 0.1) is 6.92 Å². The molecule has 0 atom stereocenters. The minimum absolute atomic E-state index is 0.0292. The highest BCUT2D eigenvalue weighted by Crippen LogP contribution is 2.29. The van der Waals surface area contributed by atoms with Crippen molar-refractivity contribution in [3.05, 3.63) is 35.0 Å². The highest BCUT2D eigenvalue weighted by Gasteiger charge is 2.19. The van der Waals surface area contributed by atoms with Crippen LogP contribution in [0.25, 0.3) is 11.3 Å². The Balaban J connectivity index is 2.64. The summed E-state index contributed by atoms with van der Waals surface area (Å²) in [4.78, 5) is 17.9. The van der Waals surface area contributed by atoms with Crippen molar-refractivity contribution < 1.29 is 9.90 Å². The normalized spacial score (nSPS) is 10.9. The summed E-state index contributed by atoms with van der Waals surface area (Å²) in [5.41, 5.74) is 8.91. The van der Waals surface area contributed by atoms with Gasteiger partial charge in [0.05, 0.1) is 0 Å². The van der Waals surface area contributed by atoms with Crippen molar-refractivity contribution in [3.8, 4) is 11.3 Å². The van der Waals surface area contributed by atoms with Crippen molar-refractivity contribution in [3.63, 3.8) is 0 Å². The van der Waals surface area contributed by atoms with Gasteiger partial charge in [0.15, 0.2) is 11.6 Å². The molecule has 100 valence electrons. The van der Waals surface area contributed by atoms with E-state index in [0.717, 1.165) is 16.7 Å². The Labute approximate surface area is 111 Å². The van der Waals surface area contributed by atoms with Crippen LogP contribution < -0.4 is 5.73 Å². The van der Waals surface area contributed by atoms with Crippen LogP contribution in [0.1, 0.15) is 41.4 Å². The van der Waals surface area contributed by atoms with Crippen LogP contribution in [0.4, 0.5) is 5.95 Å². The van der Waals surface area contributed by atoms with Crippen molar-refractivity contribution in [2.24, 2.45) is 0 Å². The number of aromatic carboxylic acids is 1. The molecule has 0 saturated carbocycles. The van der Waals surface area contributed by atoms with E-state index in [1.165, 1.54) is 0 Å². The molecule has 0 fully saturated rings. The lowest BCUT2D eigenvalue weighted by Crippen LogP contribution is -2.01. The van der Waals surface area contributed by atoms with Crippen LogP contribution in [-0.2, 0) is 0 Å². The number of carbonyl (C=O) groups is 1. The number of carboxylic acids is 1. The summed E-state index contributed by atoms with van der Waals surface area (Å²) in [6, 6.07) is 5.99. The number of aromatic amines is 1. The first-order valence-electron chi connectivity index (χ1n) is 6.10. The van der Waals surface area contributed by atoms with Crippen LogP contribution in [0.3, 0.4) is 0 Å². The Morgan fingerprint density at radius 2 is 2.11 bits per heavy atom. The minimum atomic E-state index is -1.06. The molecule has 0 saturated heterocycles. The van der Waals surface area contributed by atoms with Gasteiger partial charge in [-0.3, -0.25) is 0 Å². The molecular formula is C14H17N3O2. The van der Waals surface area contributed by atoms with E-state index in [1.807, 2.05) is 25.1 Å². The average Bonchev–Trinajstić information content (AvgIpc) is 2.71. The fourth-order valence-electron chi connectivity index (χ4n) is 2.00.